The Morgan fingerprint density at radius 1 is 1.03 bits per heavy atom. The molecule has 5 nitrogen and oxygen atoms in total. The summed E-state index contributed by atoms with van der Waals surface area (Å²) < 4.78 is 3.36. The van der Waals surface area contributed by atoms with E-state index in [-0.39, 0.29) is 5.56 Å². The Labute approximate surface area is 173 Å². The monoisotopic (exact) mass is 402 g/mol. The van der Waals surface area contributed by atoms with E-state index < -0.39 is 0 Å². The fraction of sp³-hybridized carbons (Fsp3) is 0.174. The number of nitrogens with zero attached hydrogens (tertiary/aromatic N) is 4. The molecule has 0 aliphatic heterocycles. The molecule has 0 amide bonds. The fourth-order valence-electron chi connectivity index (χ4n) is 3.09. The van der Waals surface area contributed by atoms with Crippen molar-refractivity contribution in [2.75, 3.05) is 0 Å². The number of thioether (sulfide) groups is 1. The summed E-state index contributed by atoms with van der Waals surface area (Å²) in [5.74, 6) is 1.20. The molecule has 2 heterocycles. The fourth-order valence-corrected chi connectivity index (χ4v) is 3.96. The van der Waals surface area contributed by atoms with Crippen molar-refractivity contribution >= 4 is 23.5 Å². The zero-order valence-corrected chi connectivity index (χ0v) is 17.3. The molecule has 0 radical (unpaired) electrons. The molecule has 0 unspecified atom stereocenters. The van der Waals surface area contributed by atoms with Gasteiger partial charge >= 0.3 is 5.56 Å². The van der Waals surface area contributed by atoms with E-state index in [1.165, 1.54) is 11.1 Å². The summed E-state index contributed by atoms with van der Waals surface area (Å²) in [4.78, 5) is 12.9. The molecule has 29 heavy (non-hydrogen) atoms. The predicted molar refractivity (Wildman–Crippen MR) is 119 cm³/mol. The van der Waals surface area contributed by atoms with Crippen LogP contribution in [0, 0.1) is 0 Å². The zero-order chi connectivity index (χ0) is 20.4. The van der Waals surface area contributed by atoms with Crippen LogP contribution >= 0.6 is 11.8 Å². The molecular weight excluding hydrogens is 380 g/mol. The lowest BCUT2D eigenvalue weighted by Gasteiger charge is -2.09. The summed E-state index contributed by atoms with van der Waals surface area (Å²) in [6, 6.07) is 16.3. The van der Waals surface area contributed by atoms with E-state index in [1.54, 1.807) is 26.9 Å². The Hall–Kier alpha value is -3.12. The maximum absolute atomic E-state index is 12.9. The van der Waals surface area contributed by atoms with E-state index in [2.05, 4.69) is 54.9 Å². The highest BCUT2D eigenvalue weighted by Gasteiger charge is 2.12. The molecule has 0 saturated heterocycles. The summed E-state index contributed by atoms with van der Waals surface area (Å²) in [7, 11) is 0. The second kappa shape index (κ2) is 8.09. The van der Waals surface area contributed by atoms with Crippen molar-refractivity contribution < 1.29 is 0 Å². The maximum Gasteiger partial charge on any atom is 0.300 e. The minimum absolute atomic E-state index is 0.181. The van der Waals surface area contributed by atoms with Crippen LogP contribution in [0.3, 0.4) is 0 Å². The van der Waals surface area contributed by atoms with Crippen LogP contribution in [0.1, 0.15) is 36.5 Å². The first kappa shape index (κ1) is 19.2. The summed E-state index contributed by atoms with van der Waals surface area (Å²) in [6.07, 6.45) is 5.44. The van der Waals surface area contributed by atoms with E-state index in [1.807, 2.05) is 36.5 Å². The molecular formula is C23H22N4OS. The van der Waals surface area contributed by atoms with Gasteiger partial charge in [-0.25, -0.2) is 0 Å². The van der Waals surface area contributed by atoms with Gasteiger partial charge in [-0.2, -0.15) is 0 Å². The Kier molecular flexibility index (Phi) is 5.36. The smallest absolute Gasteiger partial charge is 0.280 e. The van der Waals surface area contributed by atoms with Gasteiger partial charge in [-0.3, -0.25) is 13.8 Å². The Balaban J connectivity index is 1.59. The highest BCUT2D eigenvalue weighted by molar-refractivity contribution is 7.98. The highest BCUT2D eigenvalue weighted by Crippen LogP contribution is 2.22. The molecule has 2 aromatic heterocycles. The number of rotatable bonds is 6. The van der Waals surface area contributed by atoms with Gasteiger partial charge in [0.25, 0.3) is 0 Å². The molecule has 0 atom stereocenters. The minimum Gasteiger partial charge on any atom is -0.280 e. The van der Waals surface area contributed by atoms with Gasteiger partial charge in [-0.1, -0.05) is 74.7 Å². The molecule has 6 heteroatoms. The third-order valence-electron chi connectivity index (χ3n) is 4.86. The first-order valence-corrected chi connectivity index (χ1v) is 10.5. The van der Waals surface area contributed by atoms with Crippen LogP contribution in [0.5, 0.6) is 0 Å². The van der Waals surface area contributed by atoms with E-state index in [4.69, 9.17) is 0 Å². The van der Waals surface area contributed by atoms with E-state index >= 15 is 0 Å². The van der Waals surface area contributed by atoms with E-state index in [9.17, 15) is 4.79 Å². The van der Waals surface area contributed by atoms with Crippen LogP contribution in [0.15, 0.2) is 77.5 Å². The van der Waals surface area contributed by atoms with Crippen molar-refractivity contribution in [2.24, 2.45) is 0 Å². The first-order valence-electron chi connectivity index (χ1n) is 9.47. The van der Waals surface area contributed by atoms with Crippen molar-refractivity contribution in [3.8, 4) is 5.69 Å². The van der Waals surface area contributed by atoms with Crippen LogP contribution in [0.25, 0.3) is 17.4 Å². The largest absolute Gasteiger partial charge is 0.300 e. The molecule has 0 fully saturated rings. The summed E-state index contributed by atoms with van der Waals surface area (Å²) >= 11 is 1.55. The van der Waals surface area contributed by atoms with Crippen molar-refractivity contribution in [2.45, 2.75) is 30.7 Å². The SMILES string of the molecule is C=Cc1ccc(CSc2nnc3c(=O)n(-c4ccc(C(C)C)cc4)ccn23)cc1. The number of hydrogen-bond acceptors (Lipinski definition) is 4. The summed E-state index contributed by atoms with van der Waals surface area (Å²) in [5.41, 5.74) is 4.47. The van der Waals surface area contributed by atoms with Crippen LogP contribution in [-0.2, 0) is 5.75 Å². The van der Waals surface area contributed by atoms with Gasteiger partial charge in [0.15, 0.2) is 5.16 Å². The number of aromatic nitrogens is 4. The second-order valence-corrected chi connectivity index (χ2v) is 8.07. The van der Waals surface area contributed by atoms with Crippen molar-refractivity contribution in [1.82, 2.24) is 19.2 Å². The van der Waals surface area contributed by atoms with Gasteiger partial charge in [-0.05, 0) is 34.7 Å². The molecule has 146 valence electrons. The quantitative estimate of drug-likeness (QED) is 0.429. The van der Waals surface area contributed by atoms with Gasteiger partial charge in [-0.15, -0.1) is 10.2 Å². The lowest BCUT2D eigenvalue weighted by Crippen LogP contribution is -2.20. The second-order valence-electron chi connectivity index (χ2n) is 7.13. The van der Waals surface area contributed by atoms with Crippen LogP contribution in [0.4, 0.5) is 0 Å². The van der Waals surface area contributed by atoms with Gasteiger partial charge in [0, 0.05) is 23.8 Å². The van der Waals surface area contributed by atoms with E-state index in [0.717, 1.165) is 17.0 Å². The zero-order valence-electron chi connectivity index (χ0n) is 16.4. The molecule has 0 bridgehead atoms. The van der Waals surface area contributed by atoms with Gasteiger partial charge in [0.1, 0.15) is 0 Å². The lowest BCUT2D eigenvalue weighted by molar-refractivity contribution is 0.862. The van der Waals surface area contributed by atoms with Gasteiger partial charge in [0.2, 0.25) is 5.65 Å². The summed E-state index contributed by atoms with van der Waals surface area (Å²) in [6.45, 7) is 8.07. The van der Waals surface area contributed by atoms with Crippen molar-refractivity contribution in [3.05, 3.63) is 94.5 Å². The molecule has 0 saturated carbocycles. The Bertz CT molecular complexity index is 1200. The molecule has 0 spiro atoms. The number of benzene rings is 2. The third-order valence-corrected chi connectivity index (χ3v) is 5.87. The lowest BCUT2D eigenvalue weighted by atomic mass is 10.0. The number of fused-ring (bicyclic) bond motifs is 1. The van der Waals surface area contributed by atoms with Crippen LogP contribution in [-0.4, -0.2) is 19.2 Å². The topological polar surface area (TPSA) is 52.2 Å². The Morgan fingerprint density at radius 2 is 1.76 bits per heavy atom. The molecule has 0 aliphatic carbocycles. The normalized spacial score (nSPS) is 11.3. The molecule has 4 aromatic rings. The third kappa shape index (κ3) is 3.89. The molecule has 0 aliphatic rings. The van der Waals surface area contributed by atoms with Crippen molar-refractivity contribution in [3.63, 3.8) is 0 Å². The molecule has 4 rings (SSSR count). The minimum atomic E-state index is -0.181. The first-order chi connectivity index (χ1) is 14.1. The molecule has 2 aromatic carbocycles. The average molecular weight is 403 g/mol. The molecule has 0 N–H and O–H groups in total. The average Bonchev–Trinajstić information content (AvgIpc) is 3.17. The van der Waals surface area contributed by atoms with Crippen LogP contribution in [0.2, 0.25) is 0 Å². The standard InChI is InChI=1S/C23H22N4OS/c1-4-17-5-7-18(8-6-17)15-29-23-25-24-21-22(28)26(13-14-27(21)23)20-11-9-19(10-12-20)16(2)3/h4-14,16H,1,15H2,2-3H3. The maximum atomic E-state index is 12.9. The van der Waals surface area contributed by atoms with Gasteiger partial charge in [0.05, 0.1) is 0 Å². The van der Waals surface area contributed by atoms with Crippen LogP contribution < -0.4 is 5.56 Å². The van der Waals surface area contributed by atoms with E-state index in [0.29, 0.717) is 16.7 Å². The highest BCUT2D eigenvalue weighted by atomic mass is 32.2. The van der Waals surface area contributed by atoms with Gasteiger partial charge < -0.3 is 0 Å². The Morgan fingerprint density at radius 3 is 2.41 bits per heavy atom. The predicted octanol–water partition coefficient (Wildman–Crippen LogP) is 4.94. The number of hydrogen-bond donors (Lipinski definition) is 0. The summed E-state index contributed by atoms with van der Waals surface area (Å²) in [5, 5.41) is 9.06. The van der Waals surface area contributed by atoms with Crippen molar-refractivity contribution in [1.29, 1.82) is 0 Å².